The fourth-order valence-corrected chi connectivity index (χ4v) is 6.69. The summed E-state index contributed by atoms with van der Waals surface area (Å²) in [5.41, 5.74) is -0.167. The summed E-state index contributed by atoms with van der Waals surface area (Å²) in [5.74, 6) is -3.88. The van der Waals surface area contributed by atoms with E-state index in [9.17, 15) is 29.4 Å². The molecular weight excluding hydrogens is 488 g/mol. The number of carboxylic acids is 1. The summed E-state index contributed by atoms with van der Waals surface area (Å²) < 4.78 is 27.2. The fourth-order valence-electron chi connectivity index (χ4n) is 6.69. The lowest BCUT2D eigenvalue weighted by Crippen LogP contribution is -2.67. The average molecular weight is 516 g/mol. The zero-order valence-corrected chi connectivity index (χ0v) is 20.6. The molecule has 0 saturated heterocycles. The van der Waals surface area contributed by atoms with Crippen LogP contribution in [0.3, 0.4) is 0 Å². The number of benzene rings is 1. The molecule has 1 heterocycles. The molecule has 1 saturated carbocycles. The molecule has 2 N–H and O–H groups in total. The van der Waals surface area contributed by atoms with Crippen molar-refractivity contribution in [3.63, 3.8) is 0 Å². The molecule has 1 fully saturated rings. The number of carbonyl (C=O) groups excluding carboxylic acids is 3. The van der Waals surface area contributed by atoms with Gasteiger partial charge in [0.15, 0.2) is 17.6 Å². The van der Waals surface area contributed by atoms with Gasteiger partial charge in [0.2, 0.25) is 12.2 Å². The van der Waals surface area contributed by atoms with E-state index >= 15 is 0 Å². The van der Waals surface area contributed by atoms with Crippen molar-refractivity contribution in [1.82, 2.24) is 0 Å². The van der Waals surface area contributed by atoms with Crippen LogP contribution in [-0.2, 0) is 45.2 Å². The van der Waals surface area contributed by atoms with Crippen LogP contribution in [-0.4, -0.2) is 65.1 Å². The molecule has 0 radical (unpaired) electrons. The Morgan fingerprint density at radius 2 is 1.81 bits per heavy atom. The molecule has 1 aliphatic heterocycles. The Labute approximate surface area is 212 Å². The van der Waals surface area contributed by atoms with Crippen LogP contribution in [0.15, 0.2) is 24.0 Å². The standard InChI is InChI=1S/C26H28O11/c1-12(27)34-20(23(29)30)21(35-13(2)28)24(31)36-17-8-10-26(32)15-5-4-9-25(26)18-14(11-15)6-7-16(33-3)19(18)37-22(17)25/h6-8,15,20-22,32H,4-5,9-11H2,1-3H3,(H,29,30)/t15-,20+,21+,22+,25+,26-/m0/s1. The van der Waals surface area contributed by atoms with Crippen molar-refractivity contribution in [2.75, 3.05) is 7.11 Å². The summed E-state index contributed by atoms with van der Waals surface area (Å²) in [4.78, 5) is 48.2. The molecule has 1 spiro atoms. The second kappa shape index (κ2) is 8.76. The highest BCUT2D eigenvalue weighted by Gasteiger charge is 2.71. The monoisotopic (exact) mass is 516 g/mol. The van der Waals surface area contributed by atoms with Gasteiger partial charge < -0.3 is 33.9 Å². The molecule has 5 rings (SSSR count). The maximum Gasteiger partial charge on any atom is 0.357 e. The second-order valence-electron chi connectivity index (χ2n) is 9.95. The van der Waals surface area contributed by atoms with Gasteiger partial charge in [-0.2, -0.15) is 0 Å². The van der Waals surface area contributed by atoms with E-state index in [4.69, 9.17) is 23.7 Å². The highest BCUT2D eigenvalue weighted by Crippen LogP contribution is 2.67. The highest BCUT2D eigenvalue weighted by molar-refractivity contribution is 5.88. The van der Waals surface area contributed by atoms with E-state index in [1.54, 1.807) is 6.08 Å². The summed E-state index contributed by atoms with van der Waals surface area (Å²) in [5, 5.41) is 21.7. The van der Waals surface area contributed by atoms with E-state index in [1.807, 2.05) is 12.1 Å². The van der Waals surface area contributed by atoms with Gasteiger partial charge in [0.25, 0.3) is 0 Å². The van der Waals surface area contributed by atoms with Crippen molar-refractivity contribution in [3.8, 4) is 11.5 Å². The molecule has 6 atom stereocenters. The molecule has 37 heavy (non-hydrogen) atoms. The summed E-state index contributed by atoms with van der Waals surface area (Å²) in [7, 11) is 1.52. The van der Waals surface area contributed by atoms with Crippen LogP contribution in [0.4, 0.5) is 0 Å². The van der Waals surface area contributed by atoms with Crippen LogP contribution in [0.25, 0.3) is 0 Å². The third-order valence-electron chi connectivity index (χ3n) is 8.02. The molecular formula is C26H28O11. The maximum absolute atomic E-state index is 13.2. The minimum Gasteiger partial charge on any atom is -0.493 e. The van der Waals surface area contributed by atoms with E-state index in [0.29, 0.717) is 24.3 Å². The number of aliphatic carboxylic acids is 1. The van der Waals surface area contributed by atoms with Gasteiger partial charge in [-0.05, 0) is 49.3 Å². The van der Waals surface area contributed by atoms with E-state index in [0.717, 1.165) is 37.8 Å². The van der Waals surface area contributed by atoms with Gasteiger partial charge in [-0.15, -0.1) is 0 Å². The maximum atomic E-state index is 13.2. The lowest BCUT2D eigenvalue weighted by molar-refractivity contribution is -0.189. The second-order valence-corrected chi connectivity index (χ2v) is 9.95. The molecule has 11 heteroatoms. The summed E-state index contributed by atoms with van der Waals surface area (Å²) in [6.45, 7) is 1.95. The number of aliphatic hydroxyl groups is 1. The highest BCUT2D eigenvalue weighted by atomic mass is 16.6. The number of ether oxygens (including phenoxy) is 5. The van der Waals surface area contributed by atoms with E-state index in [2.05, 4.69) is 0 Å². The number of hydrogen-bond donors (Lipinski definition) is 2. The van der Waals surface area contributed by atoms with Crippen molar-refractivity contribution in [2.45, 2.75) is 75.3 Å². The predicted molar refractivity (Wildman–Crippen MR) is 123 cm³/mol. The first-order chi connectivity index (χ1) is 17.5. The SMILES string of the molecule is COc1ccc2c3c1O[C@@H]1C(OC(=O)[C@H](OC(C)=O)[C@@H](OC(C)=O)C(=O)O)=CC[C@]4(O)[C@@H](CCC[C@@]314)C2. The van der Waals surface area contributed by atoms with Gasteiger partial charge in [0.1, 0.15) is 5.76 Å². The van der Waals surface area contributed by atoms with Crippen LogP contribution in [0, 0.1) is 5.92 Å². The predicted octanol–water partition coefficient (Wildman–Crippen LogP) is 1.56. The molecule has 3 aliphatic carbocycles. The lowest BCUT2D eigenvalue weighted by atomic mass is 9.47. The number of methoxy groups -OCH3 is 1. The normalized spacial score (nSPS) is 30.0. The summed E-state index contributed by atoms with van der Waals surface area (Å²) >= 11 is 0. The Bertz CT molecular complexity index is 1220. The van der Waals surface area contributed by atoms with Crippen molar-refractivity contribution in [3.05, 3.63) is 35.1 Å². The molecule has 0 aromatic heterocycles. The van der Waals surface area contributed by atoms with Crippen LogP contribution < -0.4 is 9.47 Å². The Hall–Kier alpha value is -3.60. The fraction of sp³-hybridized carbons (Fsp3) is 0.538. The van der Waals surface area contributed by atoms with Gasteiger partial charge in [-0.1, -0.05) is 12.5 Å². The van der Waals surface area contributed by atoms with Crippen LogP contribution in [0.1, 0.15) is 50.7 Å². The van der Waals surface area contributed by atoms with E-state index < -0.39 is 53.2 Å². The lowest BCUT2D eigenvalue weighted by Gasteiger charge is -2.59. The first kappa shape index (κ1) is 25.1. The van der Waals surface area contributed by atoms with Gasteiger partial charge in [0.05, 0.1) is 18.1 Å². The smallest absolute Gasteiger partial charge is 0.357 e. The molecule has 11 nitrogen and oxygen atoms in total. The zero-order valence-electron chi connectivity index (χ0n) is 20.6. The Morgan fingerprint density at radius 1 is 1.11 bits per heavy atom. The largest absolute Gasteiger partial charge is 0.493 e. The zero-order chi connectivity index (χ0) is 26.7. The minimum absolute atomic E-state index is 0.0261. The Morgan fingerprint density at radius 3 is 2.46 bits per heavy atom. The average Bonchev–Trinajstić information content (AvgIpc) is 3.17. The molecule has 198 valence electrons. The van der Waals surface area contributed by atoms with Crippen molar-refractivity contribution in [2.24, 2.45) is 5.92 Å². The van der Waals surface area contributed by atoms with Gasteiger partial charge in [0, 0.05) is 19.4 Å². The first-order valence-corrected chi connectivity index (χ1v) is 12.1. The topological polar surface area (TPSA) is 155 Å². The molecule has 0 unspecified atom stereocenters. The summed E-state index contributed by atoms with van der Waals surface area (Å²) in [6, 6.07) is 3.78. The van der Waals surface area contributed by atoms with E-state index in [-0.39, 0.29) is 18.1 Å². The third kappa shape index (κ3) is 3.58. The third-order valence-corrected chi connectivity index (χ3v) is 8.02. The van der Waals surface area contributed by atoms with E-state index in [1.165, 1.54) is 7.11 Å². The van der Waals surface area contributed by atoms with Crippen molar-refractivity contribution >= 4 is 23.9 Å². The van der Waals surface area contributed by atoms with Crippen LogP contribution in [0.5, 0.6) is 11.5 Å². The molecule has 1 aromatic rings. The molecule has 2 bridgehead atoms. The number of esters is 3. The molecule has 4 aliphatic rings. The van der Waals surface area contributed by atoms with Gasteiger partial charge in [-0.25, -0.2) is 9.59 Å². The van der Waals surface area contributed by atoms with Crippen LogP contribution in [0.2, 0.25) is 0 Å². The number of hydrogen-bond acceptors (Lipinski definition) is 10. The quantitative estimate of drug-likeness (QED) is 0.401. The van der Waals surface area contributed by atoms with Gasteiger partial charge >= 0.3 is 23.9 Å². The first-order valence-electron chi connectivity index (χ1n) is 12.1. The molecule has 0 amide bonds. The van der Waals surface area contributed by atoms with Crippen LogP contribution >= 0.6 is 0 Å². The number of carboxylic acid groups (broad SMARTS) is 1. The Kier molecular flexibility index (Phi) is 5.93. The number of carbonyl (C=O) groups is 4. The molecule has 1 aromatic carbocycles. The van der Waals surface area contributed by atoms with Crippen molar-refractivity contribution in [1.29, 1.82) is 0 Å². The van der Waals surface area contributed by atoms with Gasteiger partial charge in [-0.3, -0.25) is 9.59 Å². The van der Waals surface area contributed by atoms with Crippen molar-refractivity contribution < 1.29 is 53.1 Å². The minimum atomic E-state index is -2.12. The summed E-state index contributed by atoms with van der Waals surface area (Å²) in [6.07, 6.45) is -0.410. The Balaban J connectivity index is 1.54. The number of rotatable bonds is 7.